The zero-order valence-electron chi connectivity index (χ0n) is 82.0. The van der Waals surface area contributed by atoms with Crippen LogP contribution >= 0.6 is 0 Å². The number of aliphatic hydroxyl groups excluding tert-OH is 2. The first-order chi connectivity index (χ1) is 65.6. The van der Waals surface area contributed by atoms with Gasteiger partial charge < -0.3 is 111 Å². The van der Waals surface area contributed by atoms with Crippen molar-refractivity contribution in [2.24, 2.45) is 0 Å². The molecule has 0 fully saturated rings. The van der Waals surface area contributed by atoms with E-state index in [9.17, 15) is 101 Å². The largest absolute Gasteiger partial charge is 0.481 e. The summed E-state index contributed by atoms with van der Waals surface area (Å²) in [6.07, 6.45) is -15.9. The monoisotopic (exact) mass is 2000 g/mol. The van der Waals surface area contributed by atoms with E-state index in [2.05, 4.69) is 21.1 Å². The molecule has 0 aliphatic carbocycles. The van der Waals surface area contributed by atoms with Crippen molar-refractivity contribution < 1.29 is 211 Å². The van der Waals surface area contributed by atoms with E-state index in [1.807, 2.05) is 111 Å². The maximum atomic E-state index is 12.1. The van der Waals surface area contributed by atoms with Crippen LogP contribution in [0, 0.1) is 6.92 Å². The number of benzene rings is 4. The van der Waals surface area contributed by atoms with Gasteiger partial charge in [-0.1, -0.05) is 156 Å². The van der Waals surface area contributed by atoms with Crippen LogP contribution in [0.25, 0.3) is 0 Å². The quantitative estimate of drug-likeness (QED) is 0.0156. The summed E-state index contributed by atoms with van der Waals surface area (Å²) in [7, 11) is 0. The Morgan fingerprint density at radius 1 is 0.227 bits per heavy atom. The molecule has 0 saturated heterocycles. The van der Waals surface area contributed by atoms with E-state index < -0.39 is 223 Å². The lowest BCUT2D eigenvalue weighted by atomic mass is 10.2. The minimum absolute atomic E-state index is 0. The predicted octanol–water partition coefficient (Wildman–Crippen LogP) is 9.39. The van der Waals surface area contributed by atoms with Gasteiger partial charge in [0.05, 0.1) is 19.8 Å². The molecule has 4 aromatic carbocycles. The molecule has 0 radical (unpaired) electrons. The van der Waals surface area contributed by atoms with Gasteiger partial charge in [0, 0.05) is 25.7 Å². The van der Waals surface area contributed by atoms with Crippen molar-refractivity contribution in [3.05, 3.63) is 151 Å². The minimum Gasteiger partial charge on any atom is -0.481 e. The van der Waals surface area contributed by atoms with Crippen LogP contribution in [-0.4, -0.2) is 249 Å². The van der Waals surface area contributed by atoms with E-state index in [1.165, 1.54) is 104 Å². The second-order valence-corrected chi connectivity index (χ2v) is 29.7. The Morgan fingerprint density at radius 2 is 0.383 bits per heavy atom. The first kappa shape index (κ1) is 133. The van der Waals surface area contributed by atoms with Gasteiger partial charge >= 0.3 is 125 Å². The number of esters is 18. The average Bonchev–Trinajstić information content (AvgIpc) is 0.888. The summed E-state index contributed by atoms with van der Waals surface area (Å²) in [4.78, 5) is 239. The summed E-state index contributed by atoms with van der Waals surface area (Å²) in [5.74, 6) is -17.6. The Hall–Kier alpha value is -14.5. The lowest BCUT2D eigenvalue weighted by Gasteiger charge is -2.19. The van der Waals surface area contributed by atoms with Gasteiger partial charge in [0.1, 0.15) is 38.6 Å². The summed E-state index contributed by atoms with van der Waals surface area (Å²) in [6.45, 7) is 31.6. The van der Waals surface area contributed by atoms with Gasteiger partial charge in [-0.15, -0.1) is 0 Å². The third kappa shape index (κ3) is 64.4. The second kappa shape index (κ2) is 75.5. The average molecular weight is 2010 g/mol. The Kier molecular flexibility index (Phi) is 71.2. The third-order valence-corrected chi connectivity index (χ3v) is 16.6. The molecule has 786 valence electrons. The second-order valence-electron chi connectivity index (χ2n) is 29.7. The number of carbonyl (C=O) groups excluding carboxylic acids is 18. The highest BCUT2D eigenvalue weighted by molar-refractivity contribution is 5.89. The van der Waals surface area contributed by atoms with Crippen LogP contribution in [0.4, 0.5) is 0 Å². The highest BCUT2D eigenvalue weighted by Gasteiger charge is 2.34. The van der Waals surface area contributed by atoms with Crippen molar-refractivity contribution in [1.82, 2.24) is 0 Å². The van der Waals surface area contributed by atoms with Crippen molar-refractivity contribution in [3.63, 3.8) is 0 Å². The van der Waals surface area contributed by atoms with Gasteiger partial charge in [0.25, 0.3) is 0 Å². The van der Waals surface area contributed by atoms with Crippen molar-refractivity contribution in [2.75, 3.05) is 0 Å². The minimum atomic E-state index is -1.41. The fourth-order valence-electron chi connectivity index (χ4n) is 8.76. The van der Waals surface area contributed by atoms with Crippen molar-refractivity contribution >= 4 is 125 Å². The molecule has 0 spiro atoms. The Morgan fingerprint density at radius 3 is 0.532 bits per heavy atom. The Bertz CT molecular complexity index is 4420. The van der Waals surface area contributed by atoms with Crippen LogP contribution < -0.4 is 0 Å². The number of hydrogen-bond donors (Lipinski definition) is 5. The van der Waals surface area contributed by atoms with Crippen LogP contribution in [0.3, 0.4) is 0 Å². The summed E-state index contributed by atoms with van der Waals surface area (Å²) >= 11 is 0. The summed E-state index contributed by atoms with van der Waals surface area (Å²) in [5, 5.41) is 42.9. The summed E-state index contributed by atoms with van der Waals surface area (Å²) in [6, 6.07) is 36.4. The molecule has 4 aromatic rings. The number of rotatable bonds is 48. The fraction of sp³-hybridized carbons (Fsp3) is 0.526. The summed E-state index contributed by atoms with van der Waals surface area (Å²) < 4.78 is 87.2. The fourth-order valence-corrected chi connectivity index (χ4v) is 8.76. The topological polar surface area (TPSA) is 626 Å². The molecule has 16 atom stereocenters. The molecule has 44 heteroatoms. The lowest BCUT2D eigenvalue weighted by Crippen LogP contribution is -2.37. The number of hydrogen-bond acceptors (Lipinski definition) is 41. The highest BCUT2D eigenvalue weighted by atomic mass is 16.7. The van der Waals surface area contributed by atoms with Crippen LogP contribution in [0.5, 0.6) is 0 Å². The molecule has 4 rings (SSSR count). The number of carboxylic acid groups (broad SMARTS) is 3. The molecule has 0 aromatic heterocycles. The van der Waals surface area contributed by atoms with Gasteiger partial charge in [0.15, 0.2) is 85.5 Å². The SMILES string of the molecule is C.CCCC(=O)O.CCCC(=O)O[C@@H](C)C(=O)O[C@@H](C)C(=O)OCc1ccccc1.CCCC(=O)O[C@@H](C)C(=O)O[C@@H](C)C(=O)O[C@@H](C)C(=O)O[C@@H](C)C(=O)O.CCCC(=O)O[C@@H](C)C(=O)O[C@@H](C)C(=O)O[C@@H](C)C(=O)O[C@@H](C)C(=O)OCc1ccccc1.C[C@H](O)C(=O)O[C@@H](C)C(=O)OCc1ccccc1.C[C@H](O)C(=O)O[C@@H](C)C(=O)OCc1ccccc1.[CH2+]CCC(=O)O[C@@H](C)C(=O)O[C@@H](C)C(=O)O. The number of carbonyl (C=O) groups is 21. The zero-order chi connectivity index (χ0) is 107. The smallest absolute Gasteiger partial charge is 0.347 e. The zero-order valence-corrected chi connectivity index (χ0v) is 82.0. The molecule has 141 heavy (non-hydrogen) atoms. The van der Waals surface area contributed by atoms with Gasteiger partial charge in [-0.3, -0.25) is 24.0 Å². The molecule has 5 N–H and O–H groups in total. The van der Waals surface area contributed by atoms with Crippen molar-refractivity contribution in [1.29, 1.82) is 0 Å². The molecule has 0 amide bonds. The first-order valence-corrected chi connectivity index (χ1v) is 44.1. The van der Waals surface area contributed by atoms with E-state index in [1.54, 1.807) is 38.1 Å². The van der Waals surface area contributed by atoms with Crippen LogP contribution in [0.1, 0.15) is 232 Å². The molecule has 0 aliphatic heterocycles. The number of aliphatic hydroxyl groups is 2. The first-order valence-electron chi connectivity index (χ1n) is 44.1. The normalized spacial score (nSPS) is 13.5. The van der Waals surface area contributed by atoms with Crippen LogP contribution in [-0.2, 0) is 212 Å². The third-order valence-electron chi connectivity index (χ3n) is 16.6. The lowest BCUT2D eigenvalue weighted by molar-refractivity contribution is -0.185. The molecule has 0 unspecified atom stereocenters. The maximum Gasteiger partial charge on any atom is 0.347 e. The molecular formula is C97H135O44+. The van der Waals surface area contributed by atoms with E-state index in [0.29, 0.717) is 32.1 Å². The number of aliphatic carboxylic acids is 3. The molecular weight excluding hydrogens is 1870 g/mol. The van der Waals surface area contributed by atoms with E-state index >= 15 is 0 Å². The Labute approximate surface area is 818 Å². The maximum absolute atomic E-state index is 12.1. The van der Waals surface area contributed by atoms with Gasteiger partial charge in [-0.25, -0.2) is 76.7 Å². The van der Waals surface area contributed by atoms with Crippen LogP contribution in [0.2, 0.25) is 0 Å². The van der Waals surface area contributed by atoms with E-state index in [4.69, 9.17) is 96.6 Å². The summed E-state index contributed by atoms with van der Waals surface area (Å²) in [5.41, 5.74) is 3.30. The molecule has 0 heterocycles. The van der Waals surface area contributed by atoms with E-state index in [-0.39, 0.29) is 59.5 Å². The van der Waals surface area contributed by atoms with Gasteiger partial charge in [-0.2, -0.15) is 0 Å². The van der Waals surface area contributed by atoms with Crippen molar-refractivity contribution in [2.45, 2.75) is 334 Å². The molecule has 44 nitrogen and oxygen atoms in total. The van der Waals surface area contributed by atoms with Crippen molar-refractivity contribution in [3.8, 4) is 0 Å². The number of ether oxygens (including phenoxy) is 18. The predicted molar refractivity (Wildman–Crippen MR) is 490 cm³/mol. The number of carboxylic acids is 3. The van der Waals surface area contributed by atoms with Gasteiger partial charge in [-0.05, 0) is 159 Å². The van der Waals surface area contributed by atoms with Gasteiger partial charge in [0.2, 0.25) is 0 Å². The molecule has 0 aliphatic rings. The standard InChI is InChI=1S/C23H30O10.C17H22O6.C16H24O10.2C13H16O5.C10H14O6.C4H8O2.CH4/c1-6-10-19(24)30-15(3)21(26)32-17(5)23(28)33-16(4)22(27)31-14(2)20(25)29-13-18-11-8-7-9-12-18;1-4-8-15(18)22-13(3)17(20)23-12(2)16(19)21-11-14-9-6-5-7-10-14;1-6-7-12(17)23-9(3)14(20)25-11(5)16(22)26-10(4)15(21)24-8(2)13(18)19;2*1-9(14)12(15)18-10(2)13(16)17-8-11-6-4-3-5-7-11;1-4-5-8(11)15-7(3)10(14)16-6(2)9(12)13;1-2-3-4(5)6;/h7-9,11-12,14-17H,6,10,13H2,1-5H3;5-7,9-10,12-13H,4,8,11H2,1-3H3;8-11H,6-7H2,1-5H3,(H,18,19);2*3-7,9-10,14H,8H2,1-2H3;6-7H,1,4-5H2,2-3H3;2-3H2,1H3,(H,5,6);1H4/p+1/t14-,15-,16-,17-;12-,13-;8-,9-,10-,11-;2*9-,10-;6-,7-;;/m000000../s1. The van der Waals surface area contributed by atoms with Crippen LogP contribution in [0.15, 0.2) is 121 Å². The molecule has 0 bridgehead atoms. The highest BCUT2D eigenvalue weighted by Crippen LogP contribution is 2.15. The Balaban J connectivity index is -0.000000800. The molecule has 0 saturated carbocycles. The van der Waals surface area contributed by atoms with E-state index in [0.717, 1.165) is 35.6 Å².